The molecule has 2 atom stereocenters. The maximum atomic E-state index is 2.45. The van der Waals surface area contributed by atoms with Gasteiger partial charge in [0.25, 0.3) is 0 Å². The molecule has 0 aromatic rings. The molecule has 1 saturated heterocycles. The van der Waals surface area contributed by atoms with E-state index in [9.17, 15) is 0 Å². The summed E-state index contributed by atoms with van der Waals surface area (Å²) in [5.41, 5.74) is 0.576. The van der Waals surface area contributed by atoms with Crippen molar-refractivity contribution in [2.45, 2.75) is 27.2 Å². The zero-order valence-electron chi connectivity index (χ0n) is 7.65. The molecule has 10 heavy (non-hydrogen) atoms. The van der Waals surface area contributed by atoms with E-state index >= 15 is 0 Å². The highest BCUT2D eigenvalue weighted by Gasteiger charge is 2.29. The summed E-state index contributed by atoms with van der Waals surface area (Å²) in [7, 11) is 0.431. The first kappa shape index (κ1) is 8.45. The molecule has 0 spiro atoms. The topological polar surface area (TPSA) is 0 Å². The number of rotatable bonds is 0. The smallest absolute Gasteiger partial charge is 0.0222 e. The largest absolute Gasteiger partial charge is 0.256 e. The van der Waals surface area contributed by atoms with E-state index in [-0.39, 0.29) is 0 Å². The van der Waals surface area contributed by atoms with Gasteiger partial charge in [-0.15, -0.1) is 0 Å². The molecular weight excluding hydrogens is 140 g/mol. The first-order valence-corrected chi connectivity index (χ1v) is 6.34. The monoisotopic (exact) mass is 160 g/mol. The Balaban J connectivity index is 2.45. The molecule has 0 amide bonds. The minimum atomic E-state index is 0.431. The van der Waals surface area contributed by atoms with Crippen molar-refractivity contribution in [2.24, 2.45) is 11.3 Å². The molecule has 1 fully saturated rings. The maximum Gasteiger partial charge on any atom is -0.0222 e. The molecule has 62 valence electrons. The fourth-order valence-corrected chi connectivity index (χ4v) is 4.06. The van der Waals surface area contributed by atoms with Gasteiger partial charge >= 0.3 is 0 Å². The van der Waals surface area contributed by atoms with Crippen LogP contribution in [0.3, 0.4) is 0 Å². The highest BCUT2D eigenvalue weighted by molar-refractivity contribution is 8.16. The summed E-state index contributed by atoms with van der Waals surface area (Å²) in [6.07, 6.45) is 3.94. The van der Waals surface area contributed by atoms with Gasteiger partial charge in [-0.1, -0.05) is 20.8 Å². The third kappa shape index (κ3) is 1.91. The Bertz CT molecular complexity index is 112. The predicted molar refractivity (Wildman–Crippen MR) is 52.2 cm³/mol. The Kier molecular flexibility index (Phi) is 2.34. The van der Waals surface area contributed by atoms with Gasteiger partial charge < -0.3 is 0 Å². The van der Waals surface area contributed by atoms with Gasteiger partial charge in [-0.25, -0.2) is 0 Å². The highest BCUT2D eigenvalue weighted by atomic mass is 32.2. The molecule has 0 N–H and O–H groups in total. The minimum Gasteiger partial charge on any atom is -0.256 e. The summed E-state index contributed by atoms with van der Waals surface area (Å²) >= 11 is 0. The first-order chi connectivity index (χ1) is 4.50. The van der Waals surface area contributed by atoms with Gasteiger partial charge in [-0.2, -0.15) is 0 Å². The Labute approximate surface area is 67.7 Å². The van der Waals surface area contributed by atoms with Crippen LogP contribution in [0.1, 0.15) is 27.2 Å². The van der Waals surface area contributed by atoms with Gasteiger partial charge in [0.1, 0.15) is 0 Å². The lowest BCUT2D eigenvalue weighted by Gasteiger charge is -2.26. The Morgan fingerprint density at radius 3 is 2.10 bits per heavy atom. The van der Waals surface area contributed by atoms with Crippen LogP contribution in [-0.4, -0.2) is 17.8 Å². The molecule has 1 heterocycles. The van der Waals surface area contributed by atoms with E-state index in [2.05, 4.69) is 27.0 Å². The van der Waals surface area contributed by atoms with Crippen molar-refractivity contribution < 1.29 is 0 Å². The number of hydrogen-bond acceptors (Lipinski definition) is 0. The average molecular weight is 160 g/mol. The molecule has 0 nitrogen and oxygen atoms in total. The van der Waals surface area contributed by atoms with Crippen LogP contribution in [0.25, 0.3) is 0 Å². The maximum absolute atomic E-state index is 2.45. The second-order valence-corrected chi connectivity index (χ2v) is 7.14. The quantitative estimate of drug-likeness (QED) is 0.518. The summed E-state index contributed by atoms with van der Waals surface area (Å²) in [6.45, 7) is 7.14. The van der Waals surface area contributed by atoms with Crippen LogP contribution in [0.5, 0.6) is 0 Å². The second-order valence-electron chi connectivity index (χ2n) is 4.61. The zero-order chi connectivity index (χ0) is 7.78. The lowest BCUT2D eigenvalue weighted by molar-refractivity contribution is 0.268. The third-order valence-corrected chi connectivity index (χ3v) is 4.70. The van der Waals surface area contributed by atoms with Crippen LogP contribution >= 0.6 is 10.9 Å². The molecule has 0 saturated carbocycles. The molecular formula is C9H20S. The van der Waals surface area contributed by atoms with Crippen molar-refractivity contribution in [1.29, 1.82) is 0 Å². The molecule has 0 bridgehead atoms. The van der Waals surface area contributed by atoms with E-state index < -0.39 is 0 Å². The molecule has 0 aromatic carbocycles. The van der Waals surface area contributed by atoms with E-state index in [1.165, 1.54) is 17.9 Å². The zero-order valence-corrected chi connectivity index (χ0v) is 8.54. The Hall–Kier alpha value is 0.350. The van der Waals surface area contributed by atoms with Crippen molar-refractivity contribution in [3.63, 3.8) is 0 Å². The molecule has 1 aliphatic rings. The van der Waals surface area contributed by atoms with Gasteiger partial charge in [0.05, 0.1) is 0 Å². The summed E-state index contributed by atoms with van der Waals surface area (Å²) in [5.74, 6) is 4.07. The summed E-state index contributed by atoms with van der Waals surface area (Å²) in [4.78, 5) is 0. The van der Waals surface area contributed by atoms with Crippen LogP contribution in [0, 0.1) is 11.3 Å². The van der Waals surface area contributed by atoms with E-state index in [1.807, 2.05) is 0 Å². The molecule has 1 heteroatoms. The van der Waals surface area contributed by atoms with Crippen molar-refractivity contribution in [2.75, 3.05) is 17.8 Å². The average Bonchev–Trinajstić information content (AvgIpc) is 2.11. The van der Waals surface area contributed by atoms with Gasteiger partial charge in [0.15, 0.2) is 0 Å². The standard InChI is InChI=1S/C9H20S/c1-9(2,3)8-5-6-10(4)7-8/h8,10H,5-7H2,1-4H3. The summed E-state index contributed by atoms with van der Waals surface area (Å²) < 4.78 is 0. The number of hydrogen-bond donors (Lipinski definition) is 1. The molecule has 0 aliphatic carbocycles. The molecule has 0 radical (unpaired) electrons. The van der Waals surface area contributed by atoms with Gasteiger partial charge in [-0.3, -0.25) is 10.9 Å². The molecule has 1 aliphatic heterocycles. The molecule has 1 rings (SSSR count). The SMILES string of the molecule is C[SH]1CCC(C(C)(C)C)C1. The number of thiol groups is 1. The fourth-order valence-electron chi connectivity index (χ4n) is 1.64. The third-order valence-electron chi connectivity index (χ3n) is 2.62. The van der Waals surface area contributed by atoms with E-state index in [0.717, 1.165) is 5.92 Å². The second kappa shape index (κ2) is 2.77. The lowest BCUT2D eigenvalue weighted by Crippen LogP contribution is -2.19. The van der Waals surface area contributed by atoms with Crippen LogP contribution in [-0.2, 0) is 0 Å². The highest BCUT2D eigenvalue weighted by Crippen LogP contribution is 2.43. The van der Waals surface area contributed by atoms with Gasteiger partial charge in [0, 0.05) is 0 Å². The van der Waals surface area contributed by atoms with Crippen LogP contribution in [0.2, 0.25) is 0 Å². The van der Waals surface area contributed by atoms with Crippen molar-refractivity contribution in [3.05, 3.63) is 0 Å². The van der Waals surface area contributed by atoms with Gasteiger partial charge in [-0.05, 0) is 35.5 Å². The van der Waals surface area contributed by atoms with Crippen molar-refractivity contribution in [1.82, 2.24) is 0 Å². The van der Waals surface area contributed by atoms with Crippen molar-refractivity contribution >= 4 is 10.9 Å². The minimum absolute atomic E-state index is 0.431. The first-order valence-electron chi connectivity index (χ1n) is 4.18. The van der Waals surface area contributed by atoms with Crippen molar-refractivity contribution in [3.8, 4) is 0 Å². The van der Waals surface area contributed by atoms with Crippen LogP contribution in [0.15, 0.2) is 0 Å². The van der Waals surface area contributed by atoms with Crippen LogP contribution < -0.4 is 0 Å². The normalized spacial score (nSPS) is 38.4. The van der Waals surface area contributed by atoms with E-state index in [1.54, 1.807) is 0 Å². The summed E-state index contributed by atoms with van der Waals surface area (Å²) in [5, 5.41) is 0. The van der Waals surface area contributed by atoms with Crippen LogP contribution in [0.4, 0.5) is 0 Å². The Morgan fingerprint density at radius 2 is 1.90 bits per heavy atom. The van der Waals surface area contributed by atoms with E-state index in [4.69, 9.17) is 0 Å². The van der Waals surface area contributed by atoms with E-state index in [0.29, 0.717) is 16.3 Å². The lowest BCUT2D eigenvalue weighted by atomic mass is 9.81. The summed E-state index contributed by atoms with van der Waals surface area (Å²) in [6, 6.07) is 0. The fraction of sp³-hybridized carbons (Fsp3) is 1.00. The molecule has 2 unspecified atom stereocenters. The predicted octanol–water partition coefficient (Wildman–Crippen LogP) is 2.68. The van der Waals surface area contributed by atoms with Gasteiger partial charge in [0.2, 0.25) is 0 Å². The molecule has 0 aromatic heterocycles. The Morgan fingerprint density at radius 1 is 1.30 bits per heavy atom.